The molecule has 0 saturated heterocycles. The number of nitrogens with one attached hydrogen (secondary N) is 2. The number of nitro benzene ring substituents is 2. The number of aromatic nitrogens is 4. The maximum absolute atomic E-state index is 10.1. The molecule has 10 heteroatoms. The number of nitrogens with zero attached hydrogens (tertiary/aromatic N) is 4. The van der Waals surface area contributed by atoms with E-state index in [-0.39, 0.29) is 11.4 Å². The van der Waals surface area contributed by atoms with Crippen molar-refractivity contribution in [3.8, 4) is 0 Å². The lowest BCUT2D eigenvalue weighted by molar-refractivity contribution is -0.389. The molecule has 10 nitrogen and oxygen atoms in total. The second-order valence-corrected chi connectivity index (χ2v) is 7.94. The molecule has 0 saturated carbocycles. The summed E-state index contributed by atoms with van der Waals surface area (Å²) in [5.74, 6) is 0. The minimum absolute atomic E-state index is 0.152. The Hall–Kier alpha value is -5.38. The summed E-state index contributed by atoms with van der Waals surface area (Å²) in [6.07, 6.45) is 8.05. The van der Waals surface area contributed by atoms with Crippen molar-refractivity contribution in [1.82, 2.24) is 19.9 Å². The SMILES string of the molecule is C1=Cc2cc3ccc(cc4ccc(cc5nc(cc1n2)C=C5)[nH]4)[nH]3.O=[N+]([O-])c1ccc([N+](=O)[O-])cc1. The van der Waals surface area contributed by atoms with E-state index in [1.165, 1.54) is 0 Å². The molecule has 0 atom stereocenters. The molecule has 1 aromatic carbocycles. The van der Waals surface area contributed by atoms with Crippen LogP contribution in [0.4, 0.5) is 11.4 Å². The molecule has 2 aliphatic heterocycles. The molecule has 0 spiro atoms. The van der Waals surface area contributed by atoms with Gasteiger partial charge >= 0.3 is 0 Å². The van der Waals surface area contributed by atoms with Gasteiger partial charge in [0.15, 0.2) is 0 Å². The summed E-state index contributed by atoms with van der Waals surface area (Å²) in [5, 5.41) is 20.2. The van der Waals surface area contributed by atoms with Gasteiger partial charge in [-0.1, -0.05) is 0 Å². The molecular formula is C26H18N6O4. The zero-order valence-electron chi connectivity index (χ0n) is 18.7. The van der Waals surface area contributed by atoms with Crippen molar-refractivity contribution < 1.29 is 9.85 Å². The van der Waals surface area contributed by atoms with Crippen LogP contribution in [0.15, 0.2) is 72.8 Å². The highest BCUT2D eigenvalue weighted by Crippen LogP contribution is 2.18. The Morgan fingerprint density at radius 3 is 1.19 bits per heavy atom. The number of H-pyrrole nitrogens is 2. The molecule has 0 unspecified atom stereocenters. The van der Waals surface area contributed by atoms with E-state index in [4.69, 9.17) is 0 Å². The number of fused-ring (bicyclic) bond motifs is 8. The second-order valence-electron chi connectivity index (χ2n) is 7.94. The summed E-state index contributed by atoms with van der Waals surface area (Å²) < 4.78 is 0. The molecule has 4 aromatic rings. The van der Waals surface area contributed by atoms with Gasteiger partial charge in [0, 0.05) is 46.3 Å². The number of hydrogen-bond acceptors (Lipinski definition) is 6. The quantitative estimate of drug-likeness (QED) is 0.225. The first kappa shape index (κ1) is 22.4. The highest BCUT2D eigenvalue weighted by atomic mass is 16.6. The van der Waals surface area contributed by atoms with Gasteiger partial charge in [-0.05, 0) is 72.8 Å². The zero-order chi connectivity index (χ0) is 25.1. The van der Waals surface area contributed by atoms with Crippen LogP contribution in [-0.2, 0) is 0 Å². The van der Waals surface area contributed by atoms with Crippen molar-refractivity contribution in [2.24, 2.45) is 0 Å². The van der Waals surface area contributed by atoms with Crippen molar-refractivity contribution in [3.05, 3.63) is 116 Å². The molecule has 2 N–H and O–H groups in total. The molecule has 0 aliphatic carbocycles. The predicted octanol–water partition coefficient (Wildman–Crippen LogP) is 6.16. The highest BCUT2D eigenvalue weighted by Gasteiger charge is 2.09. The second kappa shape index (κ2) is 9.47. The fourth-order valence-corrected chi connectivity index (χ4v) is 3.64. The number of rotatable bonds is 2. The number of nitro groups is 2. The van der Waals surface area contributed by atoms with Gasteiger partial charge in [-0.15, -0.1) is 0 Å². The lowest BCUT2D eigenvalue weighted by Gasteiger charge is -1.90. The topological polar surface area (TPSA) is 144 Å². The summed E-state index contributed by atoms with van der Waals surface area (Å²) in [6, 6.07) is 20.8. The molecule has 176 valence electrons. The van der Waals surface area contributed by atoms with Crippen LogP contribution in [0.25, 0.3) is 46.4 Å². The van der Waals surface area contributed by atoms with Crippen LogP contribution in [0.2, 0.25) is 0 Å². The minimum Gasteiger partial charge on any atom is -0.355 e. The first-order valence-electron chi connectivity index (χ1n) is 10.8. The molecule has 5 heterocycles. The Labute approximate surface area is 203 Å². The summed E-state index contributed by atoms with van der Waals surface area (Å²) in [7, 11) is 0. The molecule has 0 radical (unpaired) electrons. The van der Waals surface area contributed by atoms with Gasteiger partial charge in [0.2, 0.25) is 0 Å². The highest BCUT2D eigenvalue weighted by molar-refractivity contribution is 5.77. The third-order valence-electron chi connectivity index (χ3n) is 5.31. The Morgan fingerprint density at radius 2 is 0.833 bits per heavy atom. The van der Waals surface area contributed by atoms with E-state index < -0.39 is 9.85 Å². The molecule has 8 bridgehead atoms. The van der Waals surface area contributed by atoms with Crippen LogP contribution in [0, 0.1) is 20.2 Å². The maximum Gasteiger partial charge on any atom is 0.269 e. The van der Waals surface area contributed by atoms with E-state index in [0.29, 0.717) is 0 Å². The Bertz CT molecular complexity index is 1580. The average Bonchev–Trinajstić information content (AvgIpc) is 3.66. The first-order chi connectivity index (χ1) is 17.4. The zero-order valence-corrected chi connectivity index (χ0v) is 18.7. The van der Waals surface area contributed by atoms with Gasteiger partial charge in [0.25, 0.3) is 11.4 Å². The molecule has 6 rings (SSSR count). The summed E-state index contributed by atoms with van der Waals surface area (Å²) in [6.45, 7) is 0. The van der Waals surface area contributed by atoms with Gasteiger partial charge in [-0.2, -0.15) is 0 Å². The maximum atomic E-state index is 10.1. The molecule has 2 aliphatic rings. The molecule has 36 heavy (non-hydrogen) atoms. The lowest BCUT2D eigenvalue weighted by Crippen LogP contribution is -1.90. The van der Waals surface area contributed by atoms with Gasteiger partial charge in [-0.3, -0.25) is 20.2 Å². The van der Waals surface area contributed by atoms with Crippen LogP contribution in [-0.4, -0.2) is 29.8 Å². The number of benzene rings is 1. The van der Waals surface area contributed by atoms with E-state index in [1.54, 1.807) is 0 Å². The van der Waals surface area contributed by atoms with Crippen LogP contribution in [0.1, 0.15) is 22.8 Å². The van der Waals surface area contributed by atoms with Gasteiger partial charge in [0.1, 0.15) is 0 Å². The third-order valence-corrected chi connectivity index (χ3v) is 5.31. The van der Waals surface area contributed by atoms with Crippen molar-refractivity contribution in [2.75, 3.05) is 0 Å². The van der Waals surface area contributed by atoms with Crippen LogP contribution in [0.3, 0.4) is 0 Å². The first-order valence-corrected chi connectivity index (χ1v) is 10.8. The predicted molar refractivity (Wildman–Crippen MR) is 139 cm³/mol. The standard InChI is InChI=1S/C20H14N4.C6H4N2O4/c1-2-14-10-16-5-6-18(23-16)12-20-8-7-19(24-20)11-17-4-3-15(22-17)9-13(1)21-14;9-7(10)5-1-2-6(4-3-5)8(11)12/h1-12,21-22H;1-4H. The fourth-order valence-electron chi connectivity index (χ4n) is 3.64. The summed E-state index contributed by atoms with van der Waals surface area (Å²) in [5.41, 5.74) is 7.56. The minimum atomic E-state index is -0.607. The monoisotopic (exact) mass is 478 g/mol. The molecule has 3 aromatic heterocycles. The smallest absolute Gasteiger partial charge is 0.269 e. The van der Waals surface area contributed by atoms with Crippen molar-refractivity contribution in [3.63, 3.8) is 0 Å². The van der Waals surface area contributed by atoms with E-state index in [9.17, 15) is 20.2 Å². The van der Waals surface area contributed by atoms with Crippen LogP contribution < -0.4 is 0 Å². The van der Waals surface area contributed by atoms with Gasteiger partial charge in [0.05, 0.1) is 32.6 Å². The number of non-ortho nitro benzene ring substituents is 2. The van der Waals surface area contributed by atoms with E-state index in [2.05, 4.69) is 50.3 Å². The van der Waals surface area contributed by atoms with Gasteiger partial charge in [-0.25, -0.2) is 9.97 Å². The van der Waals surface area contributed by atoms with Gasteiger partial charge < -0.3 is 9.97 Å². The average molecular weight is 478 g/mol. The Kier molecular flexibility index (Phi) is 5.90. The number of hydrogen-bond donors (Lipinski definition) is 2. The molecule has 0 fully saturated rings. The summed E-state index contributed by atoms with van der Waals surface area (Å²) >= 11 is 0. The fraction of sp³-hybridized carbons (Fsp3) is 0. The molecular weight excluding hydrogens is 460 g/mol. The van der Waals surface area contributed by atoms with Crippen LogP contribution >= 0.6 is 0 Å². The van der Waals surface area contributed by atoms with Crippen molar-refractivity contribution in [1.29, 1.82) is 0 Å². The lowest BCUT2D eigenvalue weighted by atomic mass is 10.3. The normalized spacial score (nSPS) is 11.6. The summed E-state index contributed by atoms with van der Waals surface area (Å²) in [4.78, 5) is 35.0. The Balaban J connectivity index is 0.000000189. The van der Waals surface area contributed by atoms with E-state index in [1.807, 2.05) is 42.5 Å². The van der Waals surface area contributed by atoms with Crippen LogP contribution in [0.5, 0.6) is 0 Å². The molecule has 0 amide bonds. The van der Waals surface area contributed by atoms with E-state index in [0.717, 1.165) is 69.1 Å². The van der Waals surface area contributed by atoms with E-state index >= 15 is 0 Å². The largest absolute Gasteiger partial charge is 0.355 e. The third kappa shape index (κ3) is 5.23. The van der Waals surface area contributed by atoms with Crippen molar-refractivity contribution >= 4 is 57.7 Å². The van der Waals surface area contributed by atoms with Crippen molar-refractivity contribution in [2.45, 2.75) is 0 Å². The number of aromatic amines is 2. The Morgan fingerprint density at radius 1 is 0.500 bits per heavy atom.